The maximum atomic E-state index is 12.3. The van der Waals surface area contributed by atoms with Gasteiger partial charge >= 0.3 is 18.2 Å². The second-order valence-electron chi connectivity index (χ2n) is 5.37. The molecule has 10 heteroatoms. The second-order valence-corrected chi connectivity index (χ2v) is 5.37. The first kappa shape index (κ1) is 16.9. The zero-order valence-electron chi connectivity index (χ0n) is 12.9. The van der Waals surface area contributed by atoms with Crippen molar-refractivity contribution in [3.05, 3.63) is 35.0 Å². The van der Waals surface area contributed by atoms with Crippen molar-refractivity contribution in [2.24, 2.45) is 0 Å². The van der Waals surface area contributed by atoms with E-state index in [2.05, 4.69) is 15.4 Å². The molecule has 2 heterocycles. The summed E-state index contributed by atoms with van der Waals surface area (Å²) in [4.78, 5) is 23.9. The van der Waals surface area contributed by atoms with E-state index < -0.39 is 30.8 Å². The monoisotopic (exact) mass is 358 g/mol. The number of fused-ring (bicyclic) bond motifs is 1. The van der Waals surface area contributed by atoms with Gasteiger partial charge in [0.1, 0.15) is 0 Å². The SMILES string of the molecule is CC1=C(C(=O)OCC(F)(F)F)C(c2ccc3c(c2)OCO3)NC(=O)N1. The predicted octanol–water partition coefficient (Wildman–Crippen LogP) is 2.15. The van der Waals surface area contributed by atoms with E-state index in [0.717, 1.165) is 0 Å². The summed E-state index contributed by atoms with van der Waals surface area (Å²) in [6, 6.07) is 3.13. The summed E-state index contributed by atoms with van der Waals surface area (Å²) in [6.45, 7) is -0.278. The number of hydrogen-bond donors (Lipinski definition) is 2. The number of allylic oxidation sites excluding steroid dienone is 1. The van der Waals surface area contributed by atoms with Crippen LogP contribution in [0.1, 0.15) is 18.5 Å². The Balaban J connectivity index is 1.91. The standard InChI is InChI=1S/C15H13F3N2O5/c1-7-11(13(21)23-5-15(16,17)18)12(20-14(22)19-7)8-2-3-9-10(4-8)25-6-24-9/h2-4,12H,5-6H2,1H3,(H2,19,20,22). The Bertz CT molecular complexity index is 760. The molecule has 3 rings (SSSR count). The van der Waals surface area contributed by atoms with Gasteiger partial charge in [-0.3, -0.25) is 0 Å². The number of urea groups is 1. The molecule has 1 atom stereocenters. The van der Waals surface area contributed by atoms with Crippen molar-refractivity contribution in [2.75, 3.05) is 13.4 Å². The molecule has 2 amide bonds. The number of alkyl halides is 3. The van der Waals surface area contributed by atoms with Gasteiger partial charge in [0.2, 0.25) is 6.79 Å². The molecule has 0 spiro atoms. The first-order valence-electron chi connectivity index (χ1n) is 7.16. The summed E-state index contributed by atoms with van der Waals surface area (Å²) in [5, 5.41) is 4.85. The lowest BCUT2D eigenvalue weighted by Crippen LogP contribution is -2.45. The fourth-order valence-electron chi connectivity index (χ4n) is 2.53. The molecule has 25 heavy (non-hydrogen) atoms. The lowest BCUT2D eigenvalue weighted by molar-refractivity contribution is -0.183. The molecule has 0 aliphatic carbocycles. The molecule has 2 N–H and O–H groups in total. The third-order valence-corrected chi connectivity index (χ3v) is 3.59. The van der Waals surface area contributed by atoms with Crippen LogP contribution in [0.2, 0.25) is 0 Å². The Hall–Kier alpha value is -2.91. The van der Waals surface area contributed by atoms with Gasteiger partial charge in [-0.25, -0.2) is 9.59 Å². The molecule has 1 unspecified atom stereocenters. The molecule has 0 saturated heterocycles. The van der Waals surface area contributed by atoms with Crippen LogP contribution in [0.3, 0.4) is 0 Å². The van der Waals surface area contributed by atoms with Crippen LogP contribution in [0.15, 0.2) is 29.5 Å². The Kier molecular flexibility index (Phi) is 4.19. The van der Waals surface area contributed by atoms with Crippen molar-refractivity contribution >= 4 is 12.0 Å². The van der Waals surface area contributed by atoms with Crippen LogP contribution in [0, 0.1) is 0 Å². The summed E-state index contributed by atoms with van der Waals surface area (Å²) in [5.41, 5.74) is 0.429. The normalized spacial score (nSPS) is 19.4. The van der Waals surface area contributed by atoms with Crippen LogP contribution in [0.25, 0.3) is 0 Å². The Labute approximate surface area is 139 Å². The van der Waals surface area contributed by atoms with Gasteiger partial charge in [0.05, 0.1) is 11.6 Å². The molecule has 0 radical (unpaired) electrons. The minimum Gasteiger partial charge on any atom is -0.454 e. The van der Waals surface area contributed by atoms with Crippen LogP contribution in [0.4, 0.5) is 18.0 Å². The Morgan fingerprint density at radius 3 is 2.76 bits per heavy atom. The van der Waals surface area contributed by atoms with Gasteiger partial charge in [-0.2, -0.15) is 13.2 Å². The molecule has 1 aromatic rings. The van der Waals surface area contributed by atoms with Crippen molar-refractivity contribution in [2.45, 2.75) is 19.1 Å². The number of ether oxygens (including phenoxy) is 3. The zero-order chi connectivity index (χ0) is 18.2. The number of esters is 1. The molecule has 2 aliphatic rings. The van der Waals surface area contributed by atoms with Crippen LogP contribution < -0.4 is 20.1 Å². The number of nitrogens with one attached hydrogen (secondary N) is 2. The fourth-order valence-corrected chi connectivity index (χ4v) is 2.53. The van der Waals surface area contributed by atoms with Crippen LogP contribution in [0.5, 0.6) is 11.5 Å². The van der Waals surface area contributed by atoms with Crippen molar-refractivity contribution < 1.29 is 37.0 Å². The molecule has 0 bridgehead atoms. The highest BCUT2D eigenvalue weighted by Crippen LogP contribution is 2.37. The van der Waals surface area contributed by atoms with Crippen molar-refractivity contribution in [3.8, 4) is 11.5 Å². The lowest BCUT2D eigenvalue weighted by Gasteiger charge is -2.28. The van der Waals surface area contributed by atoms with Gasteiger partial charge in [0.15, 0.2) is 18.1 Å². The first-order chi connectivity index (χ1) is 11.7. The molecule has 0 saturated carbocycles. The zero-order valence-corrected chi connectivity index (χ0v) is 12.9. The predicted molar refractivity (Wildman–Crippen MR) is 76.7 cm³/mol. The average molecular weight is 358 g/mol. The van der Waals surface area contributed by atoms with Crippen molar-refractivity contribution in [1.82, 2.24) is 10.6 Å². The molecular formula is C15H13F3N2O5. The third-order valence-electron chi connectivity index (χ3n) is 3.59. The summed E-state index contributed by atoms with van der Waals surface area (Å²) in [6.07, 6.45) is -4.65. The maximum Gasteiger partial charge on any atom is 0.422 e. The lowest BCUT2D eigenvalue weighted by atomic mass is 9.95. The van der Waals surface area contributed by atoms with Crippen LogP contribution in [-0.2, 0) is 9.53 Å². The summed E-state index contributed by atoms with van der Waals surface area (Å²) in [7, 11) is 0. The van der Waals surface area contributed by atoms with E-state index in [1.165, 1.54) is 6.92 Å². The summed E-state index contributed by atoms with van der Waals surface area (Å²) < 4.78 is 51.7. The molecule has 134 valence electrons. The van der Waals surface area contributed by atoms with E-state index >= 15 is 0 Å². The molecule has 0 aromatic heterocycles. The van der Waals surface area contributed by atoms with E-state index in [0.29, 0.717) is 17.1 Å². The van der Waals surface area contributed by atoms with Gasteiger partial charge in [0, 0.05) is 5.70 Å². The third kappa shape index (κ3) is 3.62. The number of carbonyl (C=O) groups is 2. The van der Waals surface area contributed by atoms with Gasteiger partial charge in [-0.15, -0.1) is 0 Å². The highest BCUT2D eigenvalue weighted by molar-refractivity contribution is 5.95. The minimum absolute atomic E-state index is 0.0344. The van der Waals surface area contributed by atoms with E-state index in [1.54, 1.807) is 18.2 Å². The number of benzene rings is 1. The fraction of sp³-hybridized carbons (Fsp3) is 0.333. The highest BCUT2D eigenvalue weighted by atomic mass is 19.4. The number of rotatable bonds is 3. The molecule has 7 nitrogen and oxygen atoms in total. The first-order valence-corrected chi connectivity index (χ1v) is 7.16. The van der Waals surface area contributed by atoms with Gasteiger partial charge in [-0.1, -0.05) is 6.07 Å². The van der Waals surface area contributed by atoms with E-state index in [4.69, 9.17) is 9.47 Å². The Morgan fingerprint density at radius 1 is 1.32 bits per heavy atom. The maximum absolute atomic E-state index is 12.3. The van der Waals surface area contributed by atoms with E-state index in [9.17, 15) is 22.8 Å². The quantitative estimate of drug-likeness (QED) is 0.809. The number of carbonyl (C=O) groups excluding carboxylic acids is 2. The van der Waals surface area contributed by atoms with E-state index in [1.807, 2.05) is 0 Å². The molecular weight excluding hydrogens is 345 g/mol. The molecule has 2 aliphatic heterocycles. The van der Waals surface area contributed by atoms with Gasteiger partial charge in [-0.05, 0) is 24.6 Å². The van der Waals surface area contributed by atoms with Crippen LogP contribution in [-0.4, -0.2) is 31.6 Å². The number of amides is 2. The Morgan fingerprint density at radius 2 is 2.04 bits per heavy atom. The molecule has 0 fully saturated rings. The largest absolute Gasteiger partial charge is 0.454 e. The van der Waals surface area contributed by atoms with Gasteiger partial charge < -0.3 is 24.8 Å². The summed E-state index contributed by atoms with van der Waals surface area (Å²) >= 11 is 0. The van der Waals surface area contributed by atoms with Gasteiger partial charge in [0.25, 0.3) is 0 Å². The number of halogens is 3. The smallest absolute Gasteiger partial charge is 0.422 e. The average Bonchev–Trinajstić information content (AvgIpc) is 2.98. The number of hydrogen-bond acceptors (Lipinski definition) is 5. The summed E-state index contributed by atoms with van der Waals surface area (Å²) in [5.74, 6) is -0.276. The van der Waals surface area contributed by atoms with Crippen LogP contribution >= 0.6 is 0 Å². The van der Waals surface area contributed by atoms with Crippen molar-refractivity contribution in [1.29, 1.82) is 0 Å². The second kappa shape index (κ2) is 6.19. The van der Waals surface area contributed by atoms with E-state index in [-0.39, 0.29) is 18.1 Å². The highest BCUT2D eigenvalue weighted by Gasteiger charge is 2.36. The van der Waals surface area contributed by atoms with Crippen molar-refractivity contribution in [3.63, 3.8) is 0 Å². The molecule has 1 aromatic carbocycles. The minimum atomic E-state index is -4.65. The topological polar surface area (TPSA) is 85.9 Å².